The Balaban J connectivity index is 2.34. The Morgan fingerprint density at radius 3 is 2.82 bits per heavy atom. The molecule has 0 bridgehead atoms. The first-order valence-electron chi connectivity index (χ1n) is 5.28. The van der Waals surface area contributed by atoms with Crippen molar-refractivity contribution in [3.63, 3.8) is 0 Å². The number of hydrogen-bond donors (Lipinski definition) is 3. The quantitative estimate of drug-likeness (QED) is 0.585. The van der Waals surface area contributed by atoms with E-state index in [-0.39, 0.29) is 11.6 Å². The second-order valence-electron chi connectivity index (χ2n) is 3.57. The van der Waals surface area contributed by atoms with E-state index in [0.29, 0.717) is 31.6 Å². The molecule has 1 aromatic rings. The van der Waals surface area contributed by atoms with Gasteiger partial charge in [-0.3, -0.25) is 4.79 Å². The summed E-state index contributed by atoms with van der Waals surface area (Å²) < 4.78 is 0. The highest BCUT2D eigenvalue weighted by Gasteiger charge is 2.04. The van der Waals surface area contributed by atoms with E-state index in [2.05, 4.69) is 10.3 Å². The van der Waals surface area contributed by atoms with Crippen molar-refractivity contribution in [3.05, 3.63) is 29.6 Å². The molecular weight excluding hydrogens is 222 g/mol. The van der Waals surface area contributed by atoms with Crippen LogP contribution in [-0.2, 0) is 11.3 Å². The minimum atomic E-state index is -1.04. The molecule has 0 unspecified atom stereocenters. The summed E-state index contributed by atoms with van der Waals surface area (Å²) in [6.45, 7) is 1.11. The number of carboxylic acids is 1. The number of carbonyl (C=O) groups excluding carboxylic acids is 1. The fraction of sp³-hybridized carbons (Fsp3) is 0.364. The molecule has 0 atom stereocenters. The Labute approximate surface area is 98.8 Å². The maximum atomic E-state index is 10.7. The third kappa shape index (κ3) is 5.07. The van der Waals surface area contributed by atoms with Crippen LogP contribution in [-0.4, -0.2) is 28.5 Å². The molecule has 0 aromatic carbocycles. The first-order chi connectivity index (χ1) is 8.09. The number of amides is 1. The summed E-state index contributed by atoms with van der Waals surface area (Å²) in [5, 5.41) is 11.8. The molecule has 0 fully saturated rings. The topological polar surface area (TPSA) is 105 Å². The van der Waals surface area contributed by atoms with Crippen molar-refractivity contribution >= 4 is 11.9 Å². The largest absolute Gasteiger partial charge is 0.477 e. The van der Waals surface area contributed by atoms with Gasteiger partial charge in [0.25, 0.3) is 0 Å². The summed E-state index contributed by atoms with van der Waals surface area (Å²) in [4.78, 5) is 25.1. The number of aromatic carboxylic acids is 1. The summed E-state index contributed by atoms with van der Waals surface area (Å²) in [6.07, 6.45) is 1.00. The highest BCUT2D eigenvalue weighted by Crippen LogP contribution is 1.99. The monoisotopic (exact) mass is 237 g/mol. The number of carboxylic acid groups (broad SMARTS) is 1. The highest BCUT2D eigenvalue weighted by atomic mass is 16.4. The van der Waals surface area contributed by atoms with Gasteiger partial charge in [-0.1, -0.05) is 6.07 Å². The van der Waals surface area contributed by atoms with Crippen molar-refractivity contribution in [2.75, 3.05) is 6.54 Å². The molecule has 6 heteroatoms. The molecule has 17 heavy (non-hydrogen) atoms. The summed E-state index contributed by atoms with van der Waals surface area (Å²) in [6, 6.07) is 4.84. The zero-order valence-electron chi connectivity index (χ0n) is 9.35. The average Bonchev–Trinajstić information content (AvgIpc) is 2.28. The normalized spacial score (nSPS) is 10.1. The fourth-order valence-corrected chi connectivity index (χ4v) is 1.30. The van der Waals surface area contributed by atoms with Crippen LogP contribution in [0.1, 0.15) is 29.0 Å². The molecule has 6 nitrogen and oxygen atoms in total. The Morgan fingerprint density at radius 2 is 2.18 bits per heavy atom. The van der Waals surface area contributed by atoms with Crippen LogP contribution in [0.4, 0.5) is 0 Å². The summed E-state index contributed by atoms with van der Waals surface area (Å²) in [7, 11) is 0. The molecule has 4 N–H and O–H groups in total. The van der Waals surface area contributed by atoms with Crippen molar-refractivity contribution in [1.29, 1.82) is 0 Å². The van der Waals surface area contributed by atoms with Crippen molar-refractivity contribution in [2.24, 2.45) is 5.73 Å². The second kappa shape index (κ2) is 6.59. The number of pyridine rings is 1. The number of nitrogens with zero attached hydrogens (tertiary/aromatic N) is 1. The molecule has 0 radical (unpaired) electrons. The maximum Gasteiger partial charge on any atom is 0.354 e. The van der Waals surface area contributed by atoms with E-state index in [0.717, 1.165) is 0 Å². The molecule has 1 rings (SSSR count). The van der Waals surface area contributed by atoms with Gasteiger partial charge < -0.3 is 16.2 Å². The zero-order valence-corrected chi connectivity index (χ0v) is 9.35. The molecule has 1 heterocycles. The van der Waals surface area contributed by atoms with E-state index in [1.54, 1.807) is 12.1 Å². The van der Waals surface area contributed by atoms with Crippen LogP contribution < -0.4 is 11.1 Å². The van der Waals surface area contributed by atoms with Gasteiger partial charge in [0.2, 0.25) is 5.91 Å². The summed E-state index contributed by atoms with van der Waals surface area (Å²) in [5.41, 5.74) is 5.68. The van der Waals surface area contributed by atoms with Crippen molar-refractivity contribution in [1.82, 2.24) is 10.3 Å². The van der Waals surface area contributed by atoms with Gasteiger partial charge in [-0.2, -0.15) is 0 Å². The van der Waals surface area contributed by atoms with Crippen molar-refractivity contribution in [3.8, 4) is 0 Å². The number of rotatable bonds is 7. The van der Waals surface area contributed by atoms with Gasteiger partial charge >= 0.3 is 5.97 Å². The van der Waals surface area contributed by atoms with Crippen LogP contribution in [0, 0.1) is 0 Å². The lowest BCUT2D eigenvalue weighted by atomic mass is 10.2. The number of nitrogens with two attached hydrogens (primary N) is 1. The van der Waals surface area contributed by atoms with Gasteiger partial charge in [0.1, 0.15) is 5.69 Å². The van der Waals surface area contributed by atoms with E-state index < -0.39 is 5.97 Å². The van der Waals surface area contributed by atoms with E-state index >= 15 is 0 Å². The maximum absolute atomic E-state index is 10.7. The zero-order chi connectivity index (χ0) is 12.7. The first kappa shape index (κ1) is 13.1. The number of carbonyl (C=O) groups is 2. The van der Waals surface area contributed by atoms with Gasteiger partial charge in [0.15, 0.2) is 0 Å². The summed E-state index contributed by atoms with van der Waals surface area (Å²) in [5.74, 6) is -1.36. The molecular formula is C11H15N3O3. The van der Waals surface area contributed by atoms with E-state index in [4.69, 9.17) is 10.8 Å². The number of aromatic nitrogens is 1. The Bertz CT molecular complexity index is 407. The van der Waals surface area contributed by atoms with Gasteiger partial charge in [-0.25, -0.2) is 9.78 Å². The van der Waals surface area contributed by atoms with Crippen LogP contribution in [0.15, 0.2) is 18.2 Å². The molecule has 0 saturated heterocycles. The van der Waals surface area contributed by atoms with Crippen LogP contribution in [0.25, 0.3) is 0 Å². The van der Waals surface area contributed by atoms with Gasteiger partial charge in [-0.15, -0.1) is 0 Å². The molecule has 1 amide bonds. The van der Waals surface area contributed by atoms with E-state index in [9.17, 15) is 9.59 Å². The Hall–Kier alpha value is -1.95. The highest BCUT2D eigenvalue weighted by molar-refractivity contribution is 5.85. The molecule has 0 aliphatic carbocycles. The number of primary amides is 1. The third-order valence-corrected chi connectivity index (χ3v) is 2.11. The van der Waals surface area contributed by atoms with Gasteiger partial charge in [0, 0.05) is 13.0 Å². The SMILES string of the molecule is NC(=O)CCCNCc1cccc(C(=O)O)n1. The number of hydrogen-bond acceptors (Lipinski definition) is 4. The summed E-state index contributed by atoms with van der Waals surface area (Å²) >= 11 is 0. The molecule has 0 aliphatic heterocycles. The Kier molecular flexibility index (Phi) is 5.09. The lowest BCUT2D eigenvalue weighted by Crippen LogP contribution is -2.19. The van der Waals surface area contributed by atoms with Gasteiger partial charge in [-0.05, 0) is 25.1 Å². The molecule has 0 spiro atoms. The first-order valence-corrected chi connectivity index (χ1v) is 5.28. The lowest BCUT2D eigenvalue weighted by Gasteiger charge is -2.04. The minimum absolute atomic E-state index is 0.0291. The van der Waals surface area contributed by atoms with Crippen LogP contribution in [0.5, 0.6) is 0 Å². The molecule has 0 saturated carbocycles. The average molecular weight is 237 g/mol. The lowest BCUT2D eigenvalue weighted by molar-refractivity contribution is -0.118. The van der Waals surface area contributed by atoms with Crippen molar-refractivity contribution in [2.45, 2.75) is 19.4 Å². The second-order valence-corrected chi connectivity index (χ2v) is 3.57. The van der Waals surface area contributed by atoms with Gasteiger partial charge in [0.05, 0.1) is 5.69 Å². The smallest absolute Gasteiger partial charge is 0.354 e. The molecule has 1 aromatic heterocycles. The van der Waals surface area contributed by atoms with Crippen LogP contribution >= 0.6 is 0 Å². The Morgan fingerprint density at radius 1 is 1.41 bits per heavy atom. The molecule has 0 aliphatic rings. The van der Waals surface area contributed by atoms with E-state index in [1.165, 1.54) is 6.07 Å². The fourth-order valence-electron chi connectivity index (χ4n) is 1.30. The predicted octanol–water partition coefficient (Wildman–Crippen LogP) is 0.135. The molecule has 92 valence electrons. The predicted molar refractivity (Wildman–Crippen MR) is 61.3 cm³/mol. The van der Waals surface area contributed by atoms with Crippen LogP contribution in [0.3, 0.4) is 0 Å². The standard InChI is InChI=1S/C11H15N3O3/c12-10(15)5-2-6-13-7-8-3-1-4-9(14-8)11(16)17/h1,3-4,13H,2,5-7H2,(H2,12,15)(H,16,17). The minimum Gasteiger partial charge on any atom is -0.477 e. The third-order valence-electron chi connectivity index (χ3n) is 2.11. The van der Waals surface area contributed by atoms with Crippen molar-refractivity contribution < 1.29 is 14.7 Å². The number of nitrogens with one attached hydrogen (secondary N) is 1. The van der Waals surface area contributed by atoms with Crippen LogP contribution in [0.2, 0.25) is 0 Å². The van der Waals surface area contributed by atoms with E-state index in [1.807, 2.05) is 0 Å².